The number of para-hydroxylation sites is 1. The SMILES string of the molecule is CCC(N)(CC)CNC(=O)C1CCCN1C(=O)c1ccccc1OC(F)F.Cl. The Labute approximate surface area is 170 Å². The van der Waals surface area contributed by atoms with Gasteiger partial charge in [-0.25, -0.2) is 0 Å². The maximum atomic E-state index is 12.9. The van der Waals surface area contributed by atoms with Gasteiger partial charge in [0.15, 0.2) is 0 Å². The molecule has 0 aromatic heterocycles. The van der Waals surface area contributed by atoms with Crippen LogP contribution in [0.15, 0.2) is 24.3 Å². The number of nitrogens with two attached hydrogens (primary N) is 1. The van der Waals surface area contributed by atoms with E-state index in [9.17, 15) is 18.4 Å². The largest absolute Gasteiger partial charge is 0.434 e. The zero-order valence-corrected chi connectivity index (χ0v) is 16.9. The summed E-state index contributed by atoms with van der Waals surface area (Å²) in [5.41, 5.74) is 5.75. The van der Waals surface area contributed by atoms with Crippen LogP contribution >= 0.6 is 12.4 Å². The third kappa shape index (κ3) is 5.78. The average molecular weight is 420 g/mol. The van der Waals surface area contributed by atoms with Crippen LogP contribution in [0.4, 0.5) is 8.78 Å². The van der Waals surface area contributed by atoms with E-state index in [4.69, 9.17) is 5.73 Å². The third-order valence-electron chi connectivity index (χ3n) is 5.17. The maximum Gasteiger partial charge on any atom is 0.387 e. The van der Waals surface area contributed by atoms with Crippen molar-refractivity contribution in [3.8, 4) is 5.75 Å². The number of rotatable bonds is 8. The number of ether oxygens (including phenoxy) is 1. The van der Waals surface area contributed by atoms with E-state index in [0.717, 1.165) is 12.8 Å². The first kappa shape index (κ1) is 24.1. The summed E-state index contributed by atoms with van der Waals surface area (Å²) in [6.45, 7) is 1.59. The van der Waals surface area contributed by atoms with E-state index < -0.39 is 24.1 Å². The van der Waals surface area contributed by atoms with Gasteiger partial charge in [-0.1, -0.05) is 26.0 Å². The first-order chi connectivity index (χ1) is 12.8. The Hall–Kier alpha value is -1.93. The summed E-state index contributed by atoms with van der Waals surface area (Å²) >= 11 is 0. The molecule has 1 aliphatic rings. The van der Waals surface area contributed by atoms with Crippen LogP contribution in [-0.2, 0) is 4.79 Å². The smallest absolute Gasteiger partial charge is 0.387 e. The van der Waals surface area contributed by atoms with Crippen LogP contribution in [0.3, 0.4) is 0 Å². The number of carbonyl (C=O) groups is 2. The summed E-state index contributed by atoms with van der Waals surface area (Å²) in [6, 6.07) is 5.18. The first-order valence-corrected chi connectivity index (χ1v) is 9.22. The van der Waals surface area contributed by atoms with Crippen LogP contribution in [0.5, 0.6) is 5.75 Å². The standard InChI is InChI=1S/C19H27F2N3O3.ClH/c1-3-19(22,4-2)12-23-16(25)14-9-7-11-24(14)17(26)13-8-5-6-10-15(13)27-18(20)21;/h5-6,8,10,14,18H,3-4,7,9,11-12,22H2,1-2H3,(H,23,25);1H. The van der Waals surface area contributed by atoms with Gasteiger partial charge < -0.3 is 20.7 Å². The summed E-state index contributed by atoms with van der Waals surface area (Å²) in [7, 11) is 0. The van der Waals surface area contributed by atoms with Crippen LogP contribution in [0, 0.1) is 0 Å². The van der Waals surface area contributed by atoms with Gasteiger partial charge in [0.2, 0.25) is 5.91 Å². The number of nitrogens with one attached hydrogen (secondary N) is 1. The number of halogens is 3. The highest BCUT2D eigenvalue weighted by Crippen LogP contribution is 2.26. The zero-order chi connectivity index (χ0) is 20.0. The fourth-order valence-electron chi connectivity index (χ4n) is 3.16. The van der Waals surface area contributed by atoms with Gasteiger partial charge in [0.25, 0.3) is 5.91 Å². The van der Waals surface area contributed by atoms with Gasteiger partial charge in [-0.2, -0.15) is 8.78 Å². The predicted octanol–water partition coefficient (Wildman–Crippen LogP) is 2.95. The molecule has 1 fully saturated rings. The lowest BCUT2D eigenvalue weighted by molar-refractivity contribution is -0.125. The van der Waals surface area contributed by atoms with Crippen molar-refractivity contribution in [3.05, 3.63) is 29.8 Å². The number of nitrogens with zero attached hydrogens (tertiary/aromatic N) is 1. The van der Waals surface area contributed by atoms with Gasteiger partial charge in [-0.15, -0.1) is 12.4 Å². The molecule has 1 heterocycles. The van der Waals surface area contributed by atoms with Crippen LogP contribution in [-0.4, -0.2) is 48.0 Å². The lowest BCUT2D eigenvalue weighted by atomic mass is 9.94. The molecule has 1 aliphatic heterocycles. The highest BCUT2D eigenvalue weighted by atomic mass is 35.5. The van der Waals surface area contributed by atoms with E-state index >= 15 is 0 Å². The monoisotopic (exact) mass is 419 g/mol. The fraction of sp³-hybridized carbons (Fsp3) is 0.579. The number of hydrogen-bond acceptors (Lipinski definition) is 4. The van der Waals surface area contributed by atoms with E-state index in [2.05, 4.69) is 10.1 Å². The molecule has 2 amide bonds. The molecule has 0 aliphatic carbocycles. The molecule has 1 unspecified atom stereocenters. The lowest BCUT2D eigenvalue weighted by Gasteiger charge is -2.29. The summed E-state index contributed by atoms with van der Waals surface area (Å²) in [5, 5.41) is 2.84. The van der Waals surface area contributed by atoms with E-state index in [1.165, 1.54) is 23.1 Å². The van der Waals surface area contributed by atoms with Crippen molar-refractivity contribution in [2.24, 2.45) is 5.73 Å². The Morgan fingerprint density at radius 1 is 1.32 bits per heavy atom. The quantitative estimate of drug-likeness (QED) is 0.678. The second kappa shape index (κ2) is 10.6. The van der Waals surface area contributed by atoms with E-state index in [1.54, 1.807) is 6.07 Å². The second-order valence-corrected chi connectivity index (χ2v) is 6.82. The van der Waals surface area contributed by atoms with E-state index in [-0.39, 0.29) is 29.6 Å². The molecule has 0 spiro atoms. The normalized spacial score (nSPS) is 16.6. The van der Waals surface area contributed by atoms with Crippen molar-refractivity contribution >= 4 is 24.2 Å². The highest BCUT2D eigenvalue weighted by Gasteiger charge is 2.36. The van der Waals surface area contributed by atoms with Crippen molar-refractivity contribution in [3.63, 3.8) is 0 Å². The summed E-state index contributed by atoms with van der Waals surface area (Å²) in [5.74, 6) is -0.958. The highest BCUT2D eigenvalue weighted by molar-refractivity contribution is 6.00. The number of amides is 2. The van der Waals surface area contributed by atoms with Crippen molar-refractivity contribution in [1.29, 1.82) is 0 Å². The van der Waals surface area contributed by atoms with Gasteiger partial charge in [0.05, 0.1) is 5.56 Å². The van der Waals surface area contributed by atoms with Crippen LogP contribution in [0.2, 0.25) is 0 Å². The number of benzene rings is 1. The predicted molar refractivity (Wildman–Crippen MR) is 105 cm³/mol. The van der Waals surface area contributed by atoms with Crippen molar-refractivity contribution < 1.29 is 23.1 Å². The fourth-order valence-corrected chi connectivity index (χ4v) is 3.16. The van der Waals surface area contributed by atoms with Crippen LogP contribution in [0.25, 0.3) is 0 Å². The Balaban J connectivity index is 0.00000392. The maximum absolute atomic E-state index is 12.9. The van der Waals surface area contributed by atoms with Crippen molar-refractivity contribution in [2.75, 3.05) is 13.1 Å². The number of likely N-dealkylation sites (tertiary alicyclic amines) is 1. The lowest BCUT2D eigenvalue weighted by Crippen LogP contribution is -2.53. The molecule has 1 atom stereocenters. The Bertz CT molecular complexity index is 672. The molecule has 9 heteroatoms. The van der Waals surface area contributed by atoms with Crippen molar-refractivity contribution in [1.82, 2.24) is 10.2 Å². The number of alkyl halides is 2. The van der Waals surface area contributed by atoms with E-state index in [0.29, 0.717) is 25.9 Å². The molecular weight excluding hydrogens is 392 g/mol. The summed E-state index contributed by atoms with van der Waals surface area (Å²) < 4.78 is 29.6. The number of carbonyl (C=O) groups excluding carboxylic acids is 2. The topological polar surface area (TPSA) is 84.7 Å². The Morgan fingerprint density at radius 3 is 2.57 bits per heavy atom. The molecule has 1 aromatic rings. The number of hydrogen-bond donors (Lipinski definition) is 2. The second-order valence-electron chi connectivity index (χ2n) is 6.82. The zero-order valence-electron chi connectivity index (χ0n) is 16.1. The van der Waals surface area contributed by atoms with Gasteiger partial charge in [-0.3, -0.25) is 9.59 Å². The van der Waals surface area contributed by atoms with Gasteiger partial charge >= 0.3 is 6.61 Å². The minimum atomic E-state index is -3.03. The first-order valence-electron chi connectivity index (χ1n) is 9.22. The average Bonchev–Trinajstić information content (AvgIpc) is 3.15. The van der Waals surface area contributed by atoms with E-state index in [1.807, 2.05) is 13.8 Å². The molecular formula is C19H28ClF2N3O3. The van der Waals surface area contributed by atoms with Crippen LogP contribution < -0.4 is 15.8 Å². The van der Waals surface area contributed by atoms with Gasteiger partial charge in [-0.05, 0) is 37.8 Å². The molecule has 6 nitrogen and oxygen atoms in total. The Morgan fingerprint density at radius 2 is 1.96 bits per heavy atom. The summed E-state index contributed by atoms with van der Waals surface area (Å²) in [4.78, 5) is 26.9. The van der Waals surface area contributed by atoms with Crippen LogP contribution in [0.1, 0.15) is 49.9 Å². The van der Waals surface area contributed by atoms with Gasteiger partial charge in [0.1, 0.15) is 11.8 Å². The molecule has 3 N–H and O–H groups in total. The molecule has 1 saturated heterocycles. The molecule has 0 radical (unpaired) electrons. The molecule has 2 rings (SSSR count). The van der Waals surface area contributed by atoms with Gasteiger partial charge in [0, 0.05) is 18.6 Å². The minimum absolute atomic E-state index is 0. The third-order valence-corrected chi connectivity index (χ3v) is 5.17. The molecule has 28 heavy (non-hydrogen) atoms. The summed E-state index contributed by atoms with van der Waals surface area (Å²) in [6.07, 6.45) is 2.62. The molecule has 0 saturated carbocycles. The molecule has 0 bridgehead atoms. The van der Waals surface area contributed by atoms with Crippen molar-refractivity contribution in [2.45, 2.75) is 57.7 Å². The molecule has 158 valence electrons. The minimum Gasteiger partial charge on any atom is -0.434 e. The Kier molecular flexibility index (Phi) is 9.10. The molecule has 1 aromatic carbocycles.